The van der Waals surface area contributed by atoms with Crippen LogP contribution in [0, 0.1) is 28.6 Å². The third kappa shape index (κ3) is 2.70. The van der Waals surface area contributed by atoms with E-state index in [4.69, 9.17) is 5.26 Å². The number of rotatable bonds is 5. The zero-order valence-corrected chi connectivity index (χ0v) is 14.8. The standard InChI is InChI=1S/C18H25BrN2O/c19-18-9-13-6-14(10-18)8-17(7-13,12-18)11-16(22)21(5-1-4-20)15-2-3-15/h13-15H,1-3,5-12H2. The minimum absolute atomic E-state index is 0.254. The summed E-state index contributed by atoms with van der Waals surface area (Å²) in [5.41, 5.74) is 0.254. The molecule has 0 aromatic rings. The van der Waals surface area contributed by atoms with Gasteiger partial charge in [-0.05, 0) is 68.6 Å². The molecular formula is C18H25BrN2O. The molecule has 5 rings (SSSR count). The molecule has 0 heterocycles. The van der Waals surface area contributed by atoms with Gasteiger partial charge in [0.15, 0.2) is 0 Å². The lowest BCUT2D eigenvalue weighted by molar-refractivity contribution is -0.139. The maximum atomic E-state index is 12.9. The lowest BCUT2D eigenvalue weighted by Crippen LogP contribution is -2.54. The van der Waals surface area contributed by atoms with E-state index in [1.807, 2.05) is 4.90 Å². The number of hydrogen-bond donors (Lipinski definition) is 0. The van der Waals surface area contributed by atoms with Crippen molar-refractivity contribution in [2.75, 3.05) is 6.54 Å². The molecule has 1 amide bonds. The van der Waals surface area contributed by atoms with Gasteiger partial charge in [0.1, 0.15) is 0 Å². The van der Waals surface area contributed by atoms with E-state index in [0.717, 1.165) is 31.1 Å². The smallest absolute Gasteiger partial charge is 0.223 e. The summed E-state index contributed by atoms with van der Waals surface area (Å²) < 4.78 is 0.328. The van der Waals surface area contributed by atoms with E-state index in [0.29, 0.717) is 29.2 Å². The first-order chi connectivity index (χ1) is 10.5. The van der Waals surface area contributed by atoms with Crippen LogP contribution in [-0.2, 0) is 4.79 Å². The highest BCUT2D eigenvalue weighted by Gasteiger charge is 2.57. The Morgan fingerprint density at radius 2 is 1.91 bits per heavy atom. The van der Waals surface area contributed by atoms with Crippen molar-refractivity contribution in [3.8, 4) is 6.07 Å². The topological polar surface area (TPSA) is 44.1 Å². The number of alkyl halides is 1. The third-order valence-electron chi connectivity index (χ3n) is 6.41. The molecule has 0 aromatic heterocycles. The number of carbonyl (C=O) groups excluding carboxylic acids is 1. The molecule has 5 fully saturated rings. The maximum absolute atomic E-state index is 12.9. The molecule has 4 bridgehead atoms. The molecule has 4 heteroatoms. The number of carbonyl (C=O) groups is 1. The van der Waals surface area contributed by atoms with Crippen molar-refractivity contribution in [1.82, 2.24) is 4.90 Å². The summed E-state index contributed by atoms with van der Waals surface area (Å²) in [4.78, 5) is 15.0. The van der Waals surface area contributed by atoms with Gasteiger partial charge in [-0.3, -0.25) is 4.79 Å². The summed E-state index contributed by atoms with van der Waals surface area (Å²) in [5, 5.41) is 8.84. The molecule has 5 aliphatic carbocycles. The predicted octanol–water partition coefficient (Wildman–Crippen LogP) is 4.02. The van der Waals surface area contributed by atoms with Crippen molar-refractivity contribution in [3.05, 3.63) is 0 Å². The molecule has 0 saturated heterocycles. The van der Waals surface area contributed by atoms with Crippen molar-refractivity contribution >= 4 is 21.8 Å². The van der Waals surface area contributed by atoms with Crippen molar-refractivity contribution in [1.29, 1.82) is 5.26 Å². The Hall–Kier alpha value is -0.560. The lowest BCUT2D eigenvalue weighted by Gasteiger charge is -2.60. The Kier molecular flexibility index (Phi) is 3.56. The number of nitrogens with zero attached hydrogens (tertiary/aromatic N) is 2. The Morgan fingerprint density at radius 3 is 2.45 bits per heavy atom. The van der Waals surface area contributed by atoms with E-state index >= 15 is 0 Å². The fraction of sp³-hybridized carbons (Fsp3) is 0.889. The second-order valence-corrected chi connectivity index (χ2v) is 10.2. The lowest BCUT2D eigenvalue weighted by atomic mass is 9.48. The first kappa shape index (κ1) is 15.0. The maximum Gasteiger partial charge on any atom is 0.223 e. The van der Waals surface area contributed by atoms with Crippen LogP contribution < -0.4 is 0 Å². The molecule has 0 aliphatic heterocycles. The van der Waals surface area contributed by atoms with Crippen molar-refractivity contribution in [3.63, 3.8) is 0 Å². The summed E-state index contributed by atoms with van der Waals surface area (Å²) >= 11 is 4.03. The molecule has 0 aromatic carbocycles. The van der Waals surface area contributed by atoms with Crippen LogP contribution in [0.5, 0.6) is 0 Å². The van der Waals surface area contributed by atoms with Gasteiger partial charge in [0.25, 0.3) is 0 Å². The highest BCUT2D eigenvalue weighted by atomic mass is 79.9. The van der Waals surface area contributed by atoms with Gasteiger partial charge < -0.3 is 4.90 Å². The van der Waals surface area contributed by atoms with Gasteiger partial charge in [0, 0.05) is 23.3 Å². The van der Waals surface area contributed by atoms with Crippen molar-refractivity contribution in [2.24, 2.45) is 17.3 Å². The molecule has 3 nitrogen and oxygen atoms in total. The van der Waals surface area contributed by atoms with Crippen LogP contribution in [0.25, 0.3) is 0 Å². The van der Waals surface area contributed by atoms with Crippen LogP contribution in [0.4, 0.5) is 0 Å². The zero-order chi connectivity index (χ0) is 15.4. The Morgan fingerprint density at radius 1 is 1.23 bits per heavy atom. The number of amides is 1. The largest absolute Gasteiger partial charge is 0.339 e. The molecule has 0 radical (unpaired) electrons. The first-order valence-corrected chi connectivity index (χ1v) is 9.66. The fourth-order valence-corrected chi connectivity index (χ4v) is 7.54. The SMILES string of the molecule is N#CCCN(C(=O)CC12CC3CC(CC(Br)(C3)C1)C2)C1CC1. The number of halogens is 1. The van der Waals surface area contributed by atoms with E-state index < -0.39 is 0 Å². The van der Waals surface area contributed by atoms with E-state index in [2.05, 4.69) is 22.0 Å². The predicted molar refractivity (Wildman–Crippen MR) is 88.4 cm³/mol. The molecule has 22 heavy (non-hydrogen) atoms. The van der Waals surface area contributed by atoms with Crippen LogP contribution in [-0.4, -0.2) is 27.7 Å². The van der Waals surface area contributed by atoms with Crippen LogP contribution in [0.2, 0.25) is 0 Å². The highest BCUT2D eigenvalue weighted by Crippen LogP contribution is 2.65. The van der Waals surface area contributed by atoms with Crippen LogP contribution >= 0.6 is 15.9 Å². The average Bonchev–Trinajstić information content (AvgIpc) is 3.20. The van der Waals surface area contributed by atoms with E-state index in [1.165, 1.54) is 38.5 Å². The Balaban J connectivity index is 1.48. The van der Waals surface area contributed by atoms with Crippen molar-refractivity contribution < 1.29 is 4.79 Å². The Labute approximate surface area is 141 Å². The molecule has 120 valence electrons. The molecule has 0 N–H and O–H groups in total. The molecular weight excluding hydrogens is 340 g/mol. The van der Waals surface area contributed by atoms with Gasteiger partial charge in [0.2, 0.25) is 5.91 Å². The van der Waals surface area contributed by atoms with Gasteiger partial charge in [-0.15, -0.1) is 0 Å². The van der Waals surface area contributed by atoms with Crippen molar-refractivity contribution in [2.45, 2.75) is 74.6 Å². The van der Waals surface area contributed by atoms with Gasteiger partial charge in [-0.25, -0.2) is 0 Å². The summed E-state index contributed by atoms with van der Waals surface area (Å²) in [6, 6.07) is 2.64. The molecule has 5 saturated carbocycles. The first-order valence-electron chi connectivity index (χ1n) is 8.86. The second-order valence-electron chi connectivity index (χ2n) is 8.52. The zero-order valence-electron chi connectivity index (χ0n) is 13.2. The summed E-state index contributed by atoms with van der Waals surface area (Å²) in [7, 11) is 0. The van der Waals surface area contributed by atoms with E-state index in [9.17, 15) is 4.79 Å². The quantitative estimate of drug-likeness (QED) is 0.691. The number of hydrogen-bond acceptors (Lipinski definition) is 2. The fourth-order valence-electron chi connectivity index (χ4n) is 6.03. The molecule has 2 unspecified atom stereocenters. The summed E-state index contributed by atoms with van der Waals surface area (Å²) in [6.07, 6.45) is 11.2. The summed E-state index contributed by atoms with van der Waals surface area (Å²) in [5.74, 6) is 2.00. The van der Waals surface area contributed by atoms with Crippen LogP contribution in [0.3, 0.4) is 0 Å². The number of nitriles is 1. The summed E-state index contributed by atoms with van der Waals surface area (Å²) in [6.45, 7) is 0.641. The highest BCUT2D eigenvalue weighted by molar-refractivity contribution is 9.10. The Bertz CT molecular complexity index is 508. The minimum Gasteiger partial charge on any atom is -0.339 e. The minimum atomic E-state index is 0.254. The van der Waals surface area contributed by atoms with Crippen LogP contribution in [0.15, 0.2) is 0 Å². The molecule has 2 atom stereocenters. The van der Waals surface area contributed by atoms with E-state index in [-0.39, 0.29) is 5.41 Å². The van der Waals surface area contributed by atoms with Gasteiger partial charge in [0.05, 0.1) is 12.5 Å². The average molecular weight is 365 g/mol. The van der Waals surface area contributed by atoms with Gasteiger partial charge >= 0.3 is 0 Å². The molecule has 0 spiro atoms. The third-order valence-corrected chi connectivity index (χ3v) is 7.34. The monoisotopic (exact) mass is 364 g/mol. The normalized spacial score (nSPS) is 42.2. The second kappa shape index (κ2) is 5.23. The molecule has 5 aliphatic rings. The van der Waals surface area contributed by atoms with Gasteiger partial charge in [-0.2, -0.15) is 5.26 Å². The van der Waals surface area contributed by atoms with Gasteiger partial charge in [-0.1, -0.05) is 15.9 Å². The van der Waals surface area contributed by atoms with Crippen LogP contribution in [0.1, 0.15) is 64.2 Å². The van der Waals surface area contributed by atoms with E-state index in [1.54, 1.807) is 0 Å².